The average molecular weight is 291 g/mol. The van der Waals surface area contributed by atoms with Gasteiger partial charge in [-0.1, -0.05) is 23.8 Å². The molecule has 2 nitrogen and oxygen atoms in total. The van der Waals surface area contributed by atoms with Crippen LogP contribution in [-0.4, -0.2) is 14.2 Å². The Hall–Kier alpha value is -1.94. The lowest BCUT2D eigenvalue weighted by Gasteiger charge is -2.22. The van der Waals surface area contributed by atoms with Gasteiger partial charge in [0, 0.05) is 11.1 Å². The van der Waals surface area contributed by atoms with E-state index in [1.54, 1.807) is 27.1 Å². The van der Waals surface area contributed by atoms with Gasteiger partial charge in [-0.3, -0.25) is 0 Å². The third-order valence-electron chi connectivity index (χ3n) is 3.59. The monoisotopic (exact) mass is 291 g/mol. The van der Waals surface area contributed by atoms with E-state index in [2.05, 4.69) is 5.32 Å². The Bertz CT molecular complexity index is 655. The molecular weight excluding hydrogens is 272 g/mol. The fourth-order valence-electron chi connectivity index (χ4n) is 2.48. The minimum Gasteiger partial charge on any atom is -0.496 e. The number of hydrogen-bond donors (Lipinski definition) is 1. The van der Waals surface area contributed by atoms with Gasteiger partial charge in [0.2, 0.25) is 0 Å². The maximum absolute atomic E-state index is 14.4. The van der Waals surface area contributed by atoms with E-state index in [0.29, 0.717) is 16.9 Å². The van der Waals surface area contributed by atoms with E-state index >= 15 is 0 Å². The van der Waals surface area contributed by atoms with Gasteiger partial charge in [0.05, 0.1) is 13.2 Å². The first-order chi connectivity index (χ1) is 9.99. The van der Waals surface area contributed by atoms with Gasteiger partial charge in [-0.25, -0.2) is 8.78 Å². The van der Waals surface area contributed by atoms with Crippen molar-refractivity contribution < 1.29 is 13.5 Å². The van der Waals surface area contributed by atoms with Crippen LogP contribution >= 0.6 is 0 Å². The van der Waals surface area contributed by atoms with Crippen LogP contribution in [0.5, 0.6) is 5.75 Å². The molecule has 1 atom stereocenters. The molecule has 1 N–H and O–H groups in total. The second-order valence-electron chi connectivity index (χ2n) is 5.06. The fourth-order valence-corrected chi connectivity index (χ4v) is 2.48. The van der Waals surface area contributed by atoms with Gasteiger partial charge in [0.25, 0.3) is 0 Å². The lowest BCUT2D eigenvalue weighted by atomic mass is 9.94. The van der Waals surface area contributed by atoms with E-state index in [9.17, 15) is 8.78 Å². The Balaban J connectivity index is 2.66. The van der Waals surface area contributed by atoms with Crippen LogP contribution in [0.3, 0.4) is 0 Å². The summed E-state index contributed by atoms with van der Waals surface area (Å²) in [5.41, 5.74) is 2.14. The van der Waals surface area contributed by atoms with Crippen LogP contribution in [0.1, 0.15) is 28.3 Å². The van der Waals surface area contributed by atoms with Crippen LogP contribution < -0.4 is 10.1 Å². The maximum Gasteiger partial charge on any atom is 0.134 e. The molecule has 4 heteroatoms. The smallest absolute Gasteiger partial charge is 0.134 e. The Kier molecular flexibility index (Phi) is 4.58. The molecule has 2 rings (SSSR count). The molecule has 0 saturated carbocycles. The quantitative estimate of drug-likeness (QED) is 0.922. The minimum absolute atomic E-state index is 0.0152. The van der Waals surface area contributed by atoms with Crippen molar-refractivity contribution in [1.82, 2.24) is 5.32 Å². The molecule has 0 aliphatic carbocycles. The van der Waals surface area contributed by atoms with Crippen LogP contribution in [0, 0.1) is 25.5 Å². The van der Waals surface area contributed by atoms with E-state index in [1.165, 1.54) is 12.1 Å². The molecule has 0 heterocycles. The first kappa shape index (κ1) is 15.4. The summed E-state index contributed by atoms with van der Waals surface area (Å²) >= 11 is 0. The van der Waals surface area contributed by atoms with Gasteiger partial charge in [-0.2, -0.15) is 0 Å². The summed E-state index contributed by atoms with van der Waals surface area (Å²) in [7, 11) is 3.22. The van der Waals surface area contributed by atoms with Crippen LogP contribution in [0.15, 0.2) is 30.3 Å². The van der Waals surface area contributed by atoms with Gasteiger partial charge in [0.15, 0.2) is 0 Å². The molecule has 0 amide bonds. The number of hydrogen-bond acceptors (Lipinski definition) is 2. The van der Waals surface area contributed by atoms with E-state index < -0.39 is 17.7 Å². The number of methoxy groups -OCH3 is 1. The highest BCUT2D eigenvalue weighted by Crippen LogP contribution is 2.34. The summed E-state index contributed by atoms with van der Waals surface area (Å²) in [5.74, 6) is -0.501. The van der Waals surface area contributed by atoms with Crippen molar-refractivity contribution >= 4 is 0 Å². The summed E-state index contributed by atoms with van der Waals surface area (Å²) in [6, 6.07) is 7.70. The van der Waals surface area contributed by atoms with Gasteiger partial charge >= 0.3 is 0 Å². The zero-order valence-corrected chi connectivity index (χ0v) is 12.6. The lowest BCUT2D eigenvalue weighted by Crippen LogP contribution is -2.21. The summed E-state index contributed by atoms with van der Waals surface area (Å²) < 4.78 is 33.9. The van der Waals surface area contributed by atoms with Gasteiger partial charge < -0.3 is 10.1 Å². The minimum atomic E-state index is -0.611. The Morgan fingerprint density at radius 1 is 1.10 bits per heavy atom. The summed E-state index contributed by atoms with van der Waals surface area (Å²) in [6.07, 6.45) is 0. The average Bonchev–Trinajstić information content (AvgIpc) is 2.47. The predicted octanol–water partition coefficient (Wildman–Crippen LogP) is 3.90. The zero-order chi connectivity index (χ0) is 15.6. The van der Waals surface area contributed by atoms with Gasteiger partial charge in [-0.05, 0) is 38.6 Å². The number of benzene rings is 2. The maximum atomic E-state index is 14.4. The topological polar surface area (TPSA) is 21.3 Å². The third-order valence-corrected chi connectivity index (χ3v) is 3.59. The van der Waals surface area contributed by atoms with E-state index in [4.69, 9.17) is 4.74 Å². The first-order valence-electron chi connectivity index (χ1n) is 6.76. The van der Waals surface area contributed by atoms with Crippen molar-refractivity contribution in [2.24, 2.45) is 0 Å². The van der Waals surface area contributed by atoms with E-state index in [1.807, 2.05) is 19.1 Å². The van der Waals surface area contributed by atoms with Gasteiger partial charge in [-0.15, -0.1) is 0 Å². The molecule has 112 valence electrons. The Morgan fingerprint density at radius 3 is 2.43 bits per heavy atom. The number of halogens is 2. The highest BCUT2D eigenvalue weighted by Gasteiger charge is 2.24. The molecule has 2 aromatic rings. The number of ether oxygens (including phenoxy) is 1. The highest BCUT2D eigenvalue weighted by molar-refractivity contribution is 5.45. The van der Waals surface area contributed by atoms with Crippen LogP contribution in [0.2, 0.25) is 0 Å². The van der Waals surface area contributed by atoms with Crippen LogP contribution in [-0.2, 0) is 0 Å². The van der Waals surface area contributed by atoms with Gasteiger partial charge in [0.1, 0.15) is 17.4 Å². The molecule has 2 aromatic carbocycles. The largest absolute Gasteiger partial charge is 0.496 e. The molecule has 0 bridgehead atoms. The third kappa shape index (κ3) is 2.90. The molecule has 1 unspecified atom stereocenters. The molecular formula is C17H19F2NO. The van der Waals surface area contributed by atoms with Crippen molar-refractivity contribution in [3.8, 4) is 5.75 Å². The molecule has 21 heavy (non-hydrogen) atoms. The Labute approximate surface area is 123 Å². The molecule has 0 spiro atoms. The highest BCUT2D eigenvalue weighted by atomic mass is 19.1. The molecule has 0 aromatic heterocycles. The lowest BCUT2D eigenvalue weighted by molar-refractivity contribution is 0.403. The van der Waals surface area contributed by atoms with Crippen molar-refractivity contribution in [3.63, 3.8) is 0 Å². The fraction of sp³-hybridized carbons (Fsp3) is 0.294. The van der Waals surface area contributed by atoms with Crippen molar-refractivity contribution in [2.45, 2.75) is 19.9 Å². The molecule has 0 aliphatic rings. The van der Waals surface area contributed by atoms with Crippen LogP contribution in [0.4, 0.5) is 8.78 Å². The second-order valence-corrected chi connectivity index (χ2v) is 5.06. The zero-order valence-electron chi connectivity index (χ0n) is 12.6. The summed E-state index contributed by atoms with van der Waals surface area (Å²) in [4.78, 5) is 0. The number of aryl methyl sites for hydroxylation is 2. The van der Waals surface area contributed by atoms with Crippen molar-refractivity contribution in [1.29, 1.82) is 0 Å². The standard InChI is InChI=1S/C17H19F2NO/c1-10-5-8-14(21-4)12(9-10)17(20-3)15-13(18)7-6-11(2)16(15)19/h5-9,17,20H,1-4H3. The number of nitrogens with one attached hydrogen (secondary N) is 1. The summed E-state index contributed by atoms with van der Waals surface area (Å²) in [6.45, 7) is 3.55. The molecule has 0 aliphatic heterocycles. The number of rotatable bonds is 4. The van der Waals surface area contributed by atoms with E-state index in [-0.39, 0.29) is 5.56 Å². The van der Waals surface area contributed by atoms with Crippen molar-refractivity contribution in [3.05, 3.63) is 64.2 Å². The van der Waals surface area contributed by atoms with Crippen molar-refractivity contribution in [2.75, 3.05) is 14.2 Å². The molecule has 0 saturated heterocycles. The first-order valence-corrected chi connectivity index (χ1v) is 6.76. The molecule has 0 fully saturated rings. The van der Waals surface area contributed by atoms with Crippen LogP contribution in [0.25, 0.3) is 0 Å². The Morgan fingerprint density at radius 2 is 1.81 bits per heavy atom. The molecule has 0 radical (unpaired) electrons. The second kappa shape index (κ2) is 6.22. The summed E-state index contributed by atoms with van der Waals surface area (Å²) in [5, 5.41) is 2.99. The predicted molar refractivity (Wildman–Crippen MR) is 79.7 cm³/mol. The normalized spacial score (nSPS) is 12.3. The van der Waals surface area contributed by atoms with E-state index in [0.717, 1.165) is 5.56 Å². The SMILES string of the molecule is CNC(c1cc(C)ccc1OC)c1c(F)ccc(C)c1F.